The number of para-hydroxylation sites is 1. The van der Waals surface area contributed by atoms with Crippen molar-refractivity contribution in [3.63, 3.8) is 0 Å². The van der Waals surface area contributed by atoms with Gasteiger partial charge in [0.2, 0.25) is 0 Å². The van der Waals surface area contributed by atoms with Gasteiger partial charge in [-0.2, -0.15) is 0 Å². The number of aryl methyl sites for hydroxylation is 1. The maximum absolute atomic E-state index is 10.9. The van der Waals surface area contributed by atoms with Gasteiger partial charge in [0.15, 0.2) is 0 Å². The van der Waals surface area contributed by atoms with E-state index in [9.17, 15) is 4.79 Å². The summed E-state index contributed by atoms with van der Waals surface area (Å²) in [5.41, 5.74) is 0.983. The quantitative estimate of drug-likeness (QED) is 0.848. The van der Waals surface area contributed by atoms with E-state index in [0.717, 1.165) is 10.6 Å². The number of carboxylic acids is 1. The number of aromatic carboxylic acids is 1. The molecule has 3 nitrogen and oxygen atoms in total. The zero-order valence-corrected chi connectivity index (χ0v) is 11.5. The number of rotatable bonds is 4. The van der Waals surface area contributed by atoms with E-state index in [1.807, 2.05) is 30.5 Å². The highest BCUT2D eigenvalue weighted by Crippen LogP contribution is 2.31. The van der Waals surface area contributed by atoms with Gasteiger partial charge in [-0.05, 0) is 49.1 Å². The lowest BCUT2D eigenvalue weighted by atomic mass is 10.1. The Morgan fingerprint density at radius 1 is 1.21 bits per heavy atom. The van der Waals surface area contributed by atoms with Gasteiger partial charge >= 0.3 is 5.97 Å². The van der Waals surface area contributed by atoms with Crippen molar-refractivity contribution in [1.29, 1.82) is 0 Å². The van der Waals surface area contributed by atoms with Crippen LogP contribution in [0, 0.1) is 6.92 Å². The standard InChI is InChI=1S/C15H14O3S/c1-10-9-11(7-8-12(10)15(16)17)18-13-5-3-4-6-14(13)19-2/h3-9H,1-2H3,(H,16,17). The van der Waals surface area contributed by atoms with Gasteiger partial charge in [0.25, 0.3) is 0 Å². The van der Waals surface area contributed by atoms with Gasteiger partial charge < -0.3 is 9.84 Å². The molecule has 19 heavy (non-hydrogen) atoms. The molecule has 1 N–H and O–H groups in total. The number of carbonyl (C=O) groups is 1. The molecule has 0 radical (unpaired) electrons. The molecule has 4 heteroatoms. The van der Waals surface area contributed by atoms with E-state index < -0.39 is 5.97 Å². The summed E-state index contributed by atoms with van der Waals surface area (Å²) < 4.78 is 5.80. The molecule has 0 aliphatic carbocycles. The lowest BCUT2D eigenvalue weighted by Gasteiger charge is -2.10. The highest BCUT2D eigenvalue weighted by atomic mass is 32.2. The van der Waals surface area contributed by atoms with Gasteiger partial charge in [0.05, 0.1) is 5.56 Å². The smallest absolute Gasteiger partial charge is 0.335 e. The molecular weight excluding hydrogens is 260 g/mol. The predicted molar refractivity (Wildman–Crippen MR) is 76.4 cm³/mol. The fraction of sp³-hybridized carbons (Fsp3) is 0.133. The van der Waals surface area contributed by atoms with Crippen LogP contribution in [0.1, 0.15) is 15.9 Å². The molecular formula is C15H14O3S. The van der Waals surface area contributed by atoms with Gasteiger partial charge in [-0.3, -0.25) is 0 Å². The molecule has 0 saturated carbocycles. The molecule has 0 fully saturated rings. The molecule has 0 aliphatic rings. The highest BCUT2D eigenvalue weighted by molar-refractivity contribution is 7.98. The van der Waals surface area contributed by atoms with Crippen LogP contribution in [0.5, 0.6) is 11.5 Å². The number of ether oxygens (including phenoxy) is 1. The van der Waals surface area contributed by atoms with Crippen LogP contribution in [-0.2, 0) is 0 Å². The molecule has 0 atom stereocenters. The molecule has 0 heterocycles. The number of benzene rings is 2. The summed E-state index contributed by atoms with van der Waals surface area (Å²) >= 11 is 1.61. The predicted octanol–water partition coefficient (Wildman–Crippen LogP) is 4.21. The molecule has 0 bridgehead atoms. The molecule has 0 saturated heterocycles. The first-order valence-corrected chi connectivity index (χ1v) is 6.99. The summed E-state index contributed by atoms with van der Waals surface area (Å²) in [5, 5.41) is 8.98. The second-order valence-corrected chi connectivity index (χ2v) is 4.88. The Labute approximate surface area is 116 Å². The molecule has 2 aromatic carbocycles. The van der Waals surface area contributed by atoms with E-state index >= 15 is 0 Å². The minimum Gasteiger partial charge on any atom is -0.478 e. The summed E-state index contributed by atoms with van der Waals surface area (Å²) in [4.78, 5) is 12.0. The zero-order chi connectivity index (χ0) is 13.8. The van der Waals surface area contributed by atoms with E-state index in [0.29, 0.717) is 16.9 Å². The molecule has 0 unspecified atom stereocenters. The van der Waals surface area contributed by atoms with Crippen molar-refractivity contribution < 1.29 is 14.6 Å². The van der Waals surface area contributed by atoms with Gasteiger partial charge in [-0.25, -0.2) is 4.79 Å². The Morgan fingerprint density at radius 2 is 1.95 bits per heavy atom. The largest absolute Gasteiger partial charge is 0.478 e. The number of hydrogen-bond donors (Lipinski definition) is 1. The van der Waals surface area contributed by atoms with Crippen molar-refractivity contribution in [3.8, 4) is 11.5 Å². The van der Waals surface area contributed by atoms with Crippen molar-refractivity contribution in [2.45, 2.75) is 11.8 Å². The van der Waals surface area contributed by atoms with Crippen LogP contribution in [0.15, 0.2) is 47.4 Å². The van der Waals surface area contributed by atoms with Crippen molar-refractivity contribution in [3.05, 3.63) is 53.6 Å². The van der Waals surface area contributed by atoms with Crippen LogP contribution < -0.4 is 4.74 Å². The van der Waals surface area contributed by atoms with E-state index in [4.69, 9.17) is 9.84 Å². The second-order valence-electron chi connectivity index (χ2n) is 4.03. The van der Waals surface area contributed by atoms with E-state index in [2.05, 4.69) is 0 Å². The summed E-state index contributed by atoms with van der Waals surface area (Å²) in [5.74, 6) is 0.495. The summed E-state index contributed by atoms with van der Waals surface area (Å²) in [6.07, 6.45) is 1.99. The minimum absolute atomic E-state index is 0.297. The zero-order valence-electron chi connectivity index (χ0n) is 10.7. The third-order valence-corrected chi connectivity index (χ3v) is 3.50. The minimum atomic E-state index is -0.923. The van der Waals surface area contributed by atoms with Crippen LogP contribution in [0.25, 0.3) is 0 Å². The molecule has 2 aromatic rings. The molecule has 2 rings (SSSR count). The lowest BCUT2D eigenvalue weighted by molar-refractivity contribution is 0.0696. The number of hydrogen-bond acceptors (Lipinski definition) is 3. The molecule has 0 aromatic heterocycles. The van der Waals surface area contributed by atoms with E-state index in [1.54, 1.807) is 36.9 Å². The summed E-state index contributed by atoms with van der Waals surface area (Å²) in [6, 6.07) is 12.7. The average molecular weight is 274 g/mol. The first-order chi connectivity index (χ1) is 9.11. The highest BCUT2D eigenvalue weighted by Gasteiger charge is 2.09. The van der Waals surface area contributed by atoms with Crippen molar-refractivity contribution in [2.24, 2.45) is 0 Å². The fourth-order valence-electron chi connectivity index (χ4n) is 1.77. The summed E-state index contributed by atoms with van der Waals surface area (Å²) in [7, 11) is 0. The maximum atomic E-state index is 10.9. The Bertz CT molecular complexity index is 608. The topological polar surface area (TPSA) is 46.5 Å². The molecule has 0 amide bonds. The monoisotopic (exact) mass is 274 g/mol. The first-order valence-electron chi connectivity index (χ1n) is 5.76. The normalized spacial score (nSPS) is 10.2. The van der Waals surface area contributed by atoms with Crippen LogP contribution >= 0.6 is 11.8 Å². The fourth-order valence-corrected chi connectivity index (χ4v) is 2.30. The molecule has 0 spiro atoms. The third-order valence-electron chi connectivity index (χ3n) is 2.73. The van der Waals surface area contributed by atoms with Crippen molar-refractivity contribution in [2.75, 3.05) is 6.26 Å². The van der Waals surface area contributed by atoms with Crippen LogP contribution in [-0.4, -0.2) is 17.3 Å². The van der Waals surface area contributed by atoms with Crippen LogP contribution in [0.2, 0.25) is 0 Å². The van der Waals surface area contributed by atoms with E-state index in [1.165, 1.54) is 0 Å². The van der Waals surface area contributed by atoms with Crippen LogP contribution in [0.3, 0.4) is 0 Å². The second kappa shape index (κ2) is 5.80. The number of carboxylic acid groups (broad SMARTS) is 1. The van der Waals surface area contributed by atoms with Crippen molar-refractivity contribution >= 4 is 17.7 Å². The lowest BCUT2D eigenvalue weighted by Crippen LogP contribution is -1.99. The van der Waals surface area contributed by atoms with E-state index in [-0.39, 0.29) is 0 Å². The number of thioether (sulfide) groups is 1. The Hall–Kier alpha value is -1.94. The van der Waals surface area contributed by atoms with Gasteiger partial charge in [-0.15, -0.1) is 11.8 Å². The van der Waals surface area contributed by atoms with Crippen LogP contribution in [0.4, 0.5) is 0 Å². The molecule has 98 valence electrons. The average Bonchev–Trinajstić information content (AvgIpc) is 2.39. The molecule has 0 aliphatic heterocycles. The Balaban J connectivity index is 2.29. The van der Waals surface area contributed by atoms with Gasteiger partial charge in [-0.1, -0.05) is 12.1 Å². The third kappa shape index (κ3) is 3.09. The first kappa shape index (κ1) is 13.5. The van der Waals surface area contributed by atoms with Gasteiger partial charge in [0.1, 0.15) is 11.5 Å². The summed E-state index contributed by atoms with van der Waals surface area (Å²) in [6.45, 7) is 1.76. The Kier molecular flexibility index (Phi) is 4.12. The SMILES string of the molecule is CSc1ccccc1Oc1ccc(C(=O)O)c(C)c1. The van der Waals surface area contributed by atoms with Gasteiger partial charge in [0, 0.05) is 4.90 Å². The van der Waals surface area contributed by atoms with Crippen molar-refractivity contribution in [1.82, 2.24) is 0 Å². The maximum Gasteiger partial charge on any atom is 0.335 e. The Morgan fingerprint density at radius 3 is 2.58 bits per heavy atom.